The second kappa shape index (κ2) is 16.4. The number of carbonyl (C=O) groups excluding carboxylic acids is 4. The molecule has 42 heavy (non-hydrogen) atoms. The Morgan fingerprint density at radius 3 is 2.26 bits per heavy atom. The molecule has 0 saturated heterocycles. The minimum atomic E-state index is -0.438. The van der Waals surface area contributed by atoms with Gasteiger partial charge in [-0.05, 0) is 74.0 Å². The van der Waals surface area contributed by atoms with E-state index in [0.717, 1.165) is 0 Å². The molecule has 0 fully saturated rings. The lowest BCUT2D eigenvalue weighted by Gasteiger charge is -2.13. The van der Waals surface area contributed by atoms with Gasteiger partial charge in [0.25, 0.3) is 5.91 Å². The number of ether oxygens (including phenoxy) is 3. The summed E-state index contributed by atoms with van der Waals surface area (Å²) in [4.78, 5) is 48.3. The lowest BCUT2D eigenvalue weighted by Crippen LogP contribution is -2.21. The summed E-state index contributed by atoms with van der Waals surface area (Å²) in [5.74, 6) is -0.902. The van der Waals surface area contributed by atoms with Gasteiger partial charge in [-0.15, -0.1) is 0 Å². The van der Waals surface area contributed by atoms with Crippen LogP contribution in [0, 0.1) is 0 Å². The highest BCUT2D eigenvalue weighted by molar-refractivity contribution is 6.33. The van der Waals surface area contributed by atoms with E-state index in [1.807, 2.05) is 0 Å². The molecule has 3 rings (SSSR count). The number of hydrogen-bond acceptors (Lipinski definition) is 8. The summed E-state index contributed by atoms with van der Waals surface area (Å²) in [6, 6.07) is 18.1. The summed E-state index contributed by atoms with van der Waals surface area (Å²) < 4.78 is 16.2. The molecule has 0 saturated carbocycles. The van der Waals surface area contributed by atoms with Crippen molar-refractivity contribution in [1.29, 1.82) is 0 Å². The van der Waals surface area contributed by atoms with Crippen LogP contribution in [0.15, 0.2) is 71.8 Å². The number of para-hydroxylation sites is 1. The number of nitrogens with zero attached hydrogens (tertiary/aromatic N) is 1. The molecule has 0 bridgehead atoms. The summed E-state index contributed by atoms with van der Waals surface area (Å²) >= 11 is 6.02. The molecule has 0 aliphatic rings. The highest BCUT2D eigenvalue weighted by Crippen LogP contribution is 2.28. The molecule has 0 atom stereocenters. The third-order valence-corrected chi connectivity index (χ3v) is 5.77. The van der Waals surface area contributed by atoms with Crippen molar-refractivity contribution in [2.24, 2.45) is 5.10 Å². The maximum Gasteiger partial charge on any atom is 0.338 e. The number of nitrogens with one attached hydrogen (secondary N) is 3. The zero-order valence-corrected chi connectivity index (χ0v) is 23.9. The van der Waals surface area contributed by atoms with E-state index in [0.29, 0.717) is 45.6 Å². The number of hydrogen-bond donors (Lipinski definition) is 3. The number of rotatable bonds is 14. The topological polar surface area (TPSA) is 144 Å². The van der Waals surface area contributed by atoms with Gasteiger partial charge in [-0.1, -0.05) is 23.7 Å². The molecule has 0 heterocycles. The zero-order valence-electron chi connectivity index (χ0n) is 23.1. The summed E-state index contributed by atoms with van der Waals surface area (Å²) in [6.07, 6.45) is 1.31. The molecule has 11 nitrogen and oxygen atoms in total. The molecule has 220 valence electrons. The molecule has 0 radical (unpaired) electrons. The van der Waals surface area contributed by atoms with Gasteiger partial charge in [-0.3, -0.25) is 14.4 Å². The lowest BCUT2D eigenvalue weighted by molar-refractivity contribution is -0.124. The highest BCUT2D eigenvalue weighted by atomic mass is 35.5. The minimum Gasteiger partial charge on any atom is -0.490 e. The molecule has 0 aliphatic heterocycles. The Kier molecular flexibility index (Phi) is 12.3. The van der Waals surface area contributed by atoms with Crippen molar-refractivity contribution in [2.75, 3.05) is 30.5 Å². The fraction of sp³-hybridized carbons (Fsp3) is 0.233. The molecule has 3 amide bonds. The normalized spacial score (nSPS) is 10.5. The Morgan fingerprint density at radius 1 is 0.810 bits per heavy atom. The van der Waals surface area contributed by atoms with E-state index < -0.39 is 17.8 Å². The van der Waals surface area contributed by atoms with Crippen LogP contribution < -0.4 is 25.5 Å². The first-order chi connectivity index (χ1) is 20.3. The Bertz CT molecular complexity index is 1430. The van der Waals surface area contributed by atoms with Crippen molar-refractivity contribution in [2.45, 2.75) is 26.7 Å². The van der Waals surface area contributed by atoms with E-state index in [4.69, 9.17) is 25.8 Å². The summed E-state index contributed by atoms with van der Waals surface area (Å²) in [7, 11) is 0. The van der Waals surface area contributed by atoms with E-state index in [1.54, 1.807) is 80.6 Å². The minimum absolute atomic E-state index is 0.0421. The number of anilines is 2. The Balaban J connectivity index is 1.47. The highest BCUT2D eigenvalue weighted by Gasteiger charge is 2.12. The number of amides is 3. The Labute approximate surface area is 248 Å². The first kappa shape index (κ1) is 31.6. The average Bonchev–Trinajstić information content (AvgIpc) is 2.97. The van der Waals surface area contributed by atoms with Crippen molar-refractivity contribution in [3.8, 4) is 11.5 Å². The SMILES string of the molecule is CCOC(=O)c1ccc(NC(=O)COc2ccc(C=NNC(=O)CCC(=O)Nc3ccccc3Cl)cc2OCC)cc1. The van der Waals surface area contributed by atoms with E-state index >= 15 is 0 Å². The number of esters is 1. The van der Waals surface area contributed by atoms with Crippen molar-refractivity contribution >= 4 is 52.9 Å². The van der Waals surface area contributed by atoms with Gasteiger partial charge in [0.1, 0.15) is 0 Å². The van der Waals surface area contributed by atoms with Crippen LogP contribution >= 0.6 is 11.6 Å². The second-order valence-electron chi connectivity index (χ2n) is 8.60. The first-order valence-electron chi connectivity index (χ1n) is 13.1. The van der Waals surface area contributed by atoms with Crippen LogP contribution in [0.1, 0.15) is 42.6 Å². The summed E-state index contributed by atoms with van der Waals surface area (Å²) in [5, 5.41) is 9.69. The smallest absolute Gasteiger partial charge is 0.338 e. The number of carbonyl (C=O) groups is 4. The molecule has 0 aliphatic carbocycles. The fourth-order valence-corrected chi connectivity index (χ4v) is 3.66. The Hall–Kier alpha value is -4.90. The molecular weight excluding hydrogens is 564 g/mol. The lowest BCUT2D eigenvalue weighted by atomic mass is 10.2. The van der Waals surface area contributed by atoms with Crippen LogP contribution in [0.2, 0.25) is 5.02 Å². The van der Waals surface area contributed by atoms with Gasteiger partial charge in [-0.25, -0.2) is 10.2 Å². The van der Waals surface area contributed by atoms with Crippen molar-refractivity contribution in [3.63, 3.8) is 0 Å². The molecule has 3 N–H and O–H groups in total. The maximum absolute atomic E-state index is 12.4. The van der Waals surface area contributed by atoms with E-state index in [2.05, 4.69) is 21.2 Å². The van der Waals surface area contributed by atoms with Gasteiger partial charge < -0.3 is 24.8 Å². The van der Waals surface area contributed by atoms with E-state index in [9.17, 15) is 19.2 Å². The van der Waals surface area contributed by atoms with Crippen molar-refractivity contribution in [1.82, 2.24) is 5.43 Å². The molecular formula is C30H31ClN4O7. The van der Waals surface area contributed by atoms with Gasteiger partial charge in [-0.2, -0.15) is 5.10 Å². The van der Waals surface area contributed by atoms with Crippen molar-refractivity contribution in [3.05, 3.63) is 82.9 Å². The maximum atomic E-state index is 12.4. The number of halogens is 1. The van der Waals surface area contributed by atoms with Crippen LogP contribution in [0.4, 0.5) is 11.4 Å². The molecule has 0 unspecified atom stereocenters. The van der Waals surface area contributed by atoms with Crippen LogP contribution in [0.5, 0.6) is 11.5 Å². The van der Waals surface area contributed by atoms with Gasteiger partial charge in [0.15, 0.2) is 18.1 Å². The van der Waals surface area contributed by atoms with Crippen molar-refractivity contribution < 1.29 is 33.4 Å². The van der Waals surface area contributed by atoms with Gasteiger partial charge in [0, 0.05) is 18.5 Å². The first-order valence-corrected chi connectivity index (χ1v) is 13.5. The Morgan fingerprint density at radius 2 is 1.55 bits per heavy atom. The van der Waals surface area contributed by atoms with E-state index in [-0.39, 0.29) is 32.0 Å². The van der Waals surface area contributed by atoms with Crippen LogP contribution in [-0.2, 0) is 19.1 Å². The van der Waals surface area contributed by atoms with Gasteiger partial charge >= 0.3 is 5.97 Å². The average molecular weight is 595 g/mol. The third-order valence-electron chi connectivity index (χ3n) is 5.44. The second-order valence-corrected chi connectivity index (χ2v) is 9.00. The standard InChI is InChI=1S/C30H31ClN4O7/c1-3-40-26-17-20(18-32-35-28(37)16-15-27(36)34-24-8-6-5-7-23(24)31)9-14-25(26)42-19-29(38)33-22-12-10-21(11-13-22)30(39)41-4-2/h5-14,17-18H,3-4,15-16,19H2,1-2H3,(H,33,38)(H,34,36)(H,35,37). The van der Waals surface area contributed by atoms with Crippen LogP contribution in [-0.4, -0.2) is 49.7 Å². The monoisotopic (exact) mass is 594 g/mol. The fourth-order valence-electron chi connectivity index (χ4n) is 3.47. The predicted molar refractivity (Wildman–Crippen MR) is 159 cm³/mol. The molecule has 0 spiro atoms. The quantitative estimate of drug-likeness (QED) is 0.138. The molecule has 3 aromatic carbocycles. The van der Waals surface area contributed by atoms with E-state index in [1.165, 1.54) is 6.21 Å². The number of hydrazone groups is 1. The van der Waals surface area contributed by atoms with Crippen LogP contribution in [0.25, 0.3) is 0 Å². The number of benzene rings is 3. The molecule has 3 aromatic rings. The molecule has 12 heteroatoms. The zero-order chi connectivity index (χ0) is 30.3. The third kappa shape index (κ3) is 10.3. The largest absolute Gasteiger partial charge is 0.490 e. The van der Waals surface area contributed by atoms with Gasteiger partial charge in [0.05, 0.1) is 35.7 Å². The predicted octanol–water partition coefficient (Wildman–Crippen LogP) is 4.80. The van der Waals surface area contributed by atoms with Gasteiger partial charge in [0.2, 0.25) is 11.8 Å². The molecule has 0 aromatic heterocycles. The summed E-state index contributed by atoms with van der Waals surface area (Å²) in [6.45, 7) is 3.87. The van der Waals surface area contributed by atoms with Crippen LogP contribution in [0.3, 0.4) is 0 Å². The summed E-state index contributed by atoms with van der Waals surface area (Å²) in [5.41, 5.74) is 4.34.